The van der Waals surface area contributed by atoms with Crippen molar-refractivity contribution in [2.24, 2.45) is 40.4 Å². The van der Waals surface area contributed by atoms with Gasteiger partial charge in [0.25, 0.3) is 0 Å². The van der Waals surface area contributed by atoms with E-state index in [4.69, 9.17) is 28.4 Å². The molecule has 1 heterocycles. The molecule has 1 aromatic carbocycles. The Hall–Kier alpha value is -2.34. The van der Waals surface area contributed by atoms with Crippen LogP contribution in [0.4, 0.5) is 0 Å². The predicted molar refractivity (Wildman–Crippen MR) is 167 cm³/mol. The molecule has 6 aliphatic rings. The number of hydrogen-bond donors (Lipinski definition) is 1. The third-order valence-electron chi connectivity index (χ3n) is 13.2. The molecule has 10 nitrogen and oxygen atoms in total. The van der Waals surface area contributed by atoms with Crippen molar-refractivity contribution in [2.75, 3.05) is 48.1 Å². The third-order valence-corrected chi connectivity index (χ3v) is 13.2. The summed E-state index contributed by atoms with van der Waals surface area (Å²) in [6.07, 6.45) is 2.81. The molecule has 46 heavy (non-hydrogen) atoms. The molecule has 1 N–H and O–H groups in total. The van der Waals surface area contributed by atoms with E-state index in [9.17, 15) is 14.7 Å². The topological polar surface area (TPSA) is 113 Å². The highest BCUT2D eigenvalue weighted by atomic mass is 16.6. The Labute approximate surface area is 271 Å². The zero-order valence-electron chi connectivity index (χ0n) is 27.8. The van der Waals surface area contributed by atoms with Crippen molar-refractivity contribution in [3.8, 4) is 0 Å². The number of aliphatic hydroxyl groups excluding tert-OH is 1. The van der Waals surface area contributed by atoms with Gasteiger partial charge in [0.05, 0.1) is 31.0 Å². The number of nitrogens with zero attached hydrogens (tertiary/aromatic N) is 1. The number of carbonyl (C=O) groups is 2. The second-order valence-corrected chi connectivity index (χ2v) is 14.6. The van der Waals surface area contributed by atoms with Crippen molar-refractivity contribution in [3.05, 3.63) is 42.0 Å². The molecule has 0 radical (unpaired) electrons. The minimum Gasteiger partial charge on any atom is -0.462 e. The molecule has 0 amide bonds. The lowest BCUT2D eigenvalue weighted by molar-refractivity contribution is -0.297. The lowest BCUT2D eigenvalue weighted by Crippen LogP contribution is -2.79. The van der Waals surface area contributed by atoms with Gasteiger partial charge in [-0.05, 0) is 30.5 Å². The molecule has 0 aromatic heterocycles. The Morgan fingerprint density at radius 2 is 1.78 bits per heavy atom. The number of ether oxygens (including phenoxy) is 6. The summed E-state index contributed by atoms with van der Waals surface area (Å²) in [5.41, 5.74) is -1.27. The summed E-state index contributed by atoms with van der Waals surface area (Å²) in [4.78, 5) is 29.3. The number of hydrogen-bond acceptors (Lipinski definition) is 10. The number of carbonyl (C=O) groups excluding carboxylic acids is 2. The summed E-state index contributed by atoms with van der Waals surface area (Å²) in [6.45, 7) is 5.35. The maximum Gasteiger partial charge on any atom is 0.331 e. The molecule has 1 saturated heterocycles. The van der Waals surface area contributed by atoms with E-state index in [-0.39, 0.29) is 59.9 Å². The van der Waals surface area contributed by atoms with Crippen LogP contribution in [0.15, 0.2) is 36.4 Å². The zero-order chi connectivity index (χ0) is 32.6. The molecule has 1 aliphatic heterocycles. The first-order valence-corrected chi connectivity index (χ1v) is 16.8. The van der Waals surface area contributed by atoms with Gasteiger partial charge in [0, 0.05) is 101 Å². The largest absolute Gasteiger partial charge is 0.462 e. The molecular weight excluding hydrogens is 590 g/mol. The third kappa shape index (κ3) is 4.10. The minimum atomic E-state index is -1.07. The van der Waals surface area contributed by atoms with Gasteiger partial charge in [0.15, 0.2) is 0 Å². The highest BCUT2D eigenvalue weighted by Crippen LogP contribution is 2.80. The first-order valence-electron chi connectivity index (χ1n) is 16.8. The van der Waals surface area contributed by atoms with Gasteiger partial charge in [0.2, 0.25) is 0 Å². The van der Waals surface area contributed by atoms with Gasteiger partial charge >= 0.3 is 11.9 Å². The summed E-state index contributed by atoms with van der Waals surface area (Å²) in [6, 6.07) is 9.61. The van der Waals surface area contributed by atoms with Crippen LogP contribution in [-0.2, 0) is 38.0 Å². The Kier molecular flexibility index (Phi) is 8.17. The average Bonchev–Trinajstić information content (AvgIpc) is 3.46. The first kappa shape index (κ1) is 32.2. The molecular formula is C36H49NO9. The lowest BCUT2D eigenvalue weighted by atomic mass is 9.42. The molecule has 14 atom stereocenters. The van der Waals surface area contributed by atoms with Crippen molar-refractivity contribution in [2.45, 2.75) is 75.3 Å². The highest BCUT2D eigenvalue weighted by molar-refractivity contribution is 5.87. The smallest absolute Gasteiger partial charge is 0.331 e. The molecule has 6 fully saturated rings. The summed E-state index contributed by atoms with van der Waals surface area (Å²) >= 11 is 0. The molecule has 1 spiro atoms. The van der Waals surface area contributed by atoms with E-state index in [0.29, 0.717) is 26.0 Å². The van der Waals surface area contributed by atoms with Gasteiger partial charge < -0.3 is 33.5 Å². The summed E-state index contributed by atoms with van der Waals surface area (Å²) in [7, 11) is 6.88. The van der Waals surface area contributed by atoms with Gasteiger partial charge in [0.1, 0.15) is 11.7 Å². The van der Waals surface area contributed by atoms with E-state index in [2.05, 4.69) is 11.8 Å². The van der Waals surface area contributed by atoms with Crippen molar-refractivity contribution >= 4 is 18.0 Å². The molecule has 2 unspecified atom stereocenters. The highest BCUT2D eigenvalue weighted by Gasteiger charge is 2.89. The van der Waals surface area contributed by atoms with Gasteiger partial charge in [-0.15, -0.1) is 0 Å². The normalized spacial score (nSPS) is 46.8. The number of benzene rings is 1. The average molecular weight is 640 g/mol. The maximum atomic E-state index is 14.1. The SMILES string of the molecule is CCN1C[C@]2(COC)[C@H](O)C[C@H](OC)[C@@]34C5C[C@@H]6[C@@H](OC)C[C@@](OC(=O)/C=C/c7ccccc7)(C5[C@H]6OC(C)=O)[C@@H]([C@H](OC)[C@H]23)[C@@H]14. The number of likely N-dealkylation sites (tertiary alicyclic amines) is 1. The number of rotatable bonds is 10. The number of fused-ring (bicyclic) bond motifs is 2. The van der Waals surface area contributed by atoms with Crippen LogP contribution in [-0.4, -0.2) is 112 Å². The van der Waals surface area contributed by atoms with E-state index in [1.165, 1.54) is 13.0 Å². The number of aliphatic hydroxyl groups is 1. The van der Waals surface area contributed by atoms with Crippen LogP contribution in [0.5, 0.6) is 0 Å². The van der Waals surface area contributed by atoms with E-state index < -0.39 is 34.6 Å². The fourth-order valence-electron chi connectivity index (χ4n) is 12.3. The van der Waals surface area contributed by atoms with Crippen LogP contribution in [0.3, 0.4) is 0 Å². The molecule has 5 saturated carbocycles. The van der Waals surface area contributed by atoms with Crippen molar-refractivity contribution in [3.63, 3.8) is 0 Å². The van der Waals surface area contributed by atoms with Crippen molar-refractivity contribution in [1.29, 1.82) is 0 Å². The summed E-state index contributed by atoms with van der Waals surface area (Å²) in [5, 5.41) is 12.1. The molecule has 7 rings (SSSR count). The maximum absolute atomic E-state index is 14.1. The monoisotopic (exact) mass is 639 g/mol. The first-order chi connectivity index (χ1) is 22.2. The lowest BCUT2D eigenvalue weighted by Gasteiger charge is -2.70. The van der Waals surface area contributed by atoms with E-state index in [1.54, 1.807) is 34.5 Å². The van der Waals surface area contributed by atoms with Crippen LogP contribution in [0.2, 0.25) is 0 Å². The van der Waals surface area contributed by atoms with Gasteiger partial charge in [-0.1, -0.05) is 37.3 Å². The quantitative estimate of drug-likeness (QED) is 0.303. The van der Waals surface area contributed by atoms with Crippen LogP contribution in [0.25, 0.3) is 6.08 Å². The van der Waals surface area contributed by atoms with Gasteiger partial charge in [-0.2, -0.15) is 0 Å². The second-order valence-electron chi connectivity index (χ2n) is 14.6. The zero-order valence-corrected chi connectivity index (χ0v) is 27.8. The predicted octanol–water partition coefficient (Wildman–Crippen LogP) is 2.96. The molecule has 7 bridgehead atoms. The van der Waals surface area contributed by atoms with E-state index >= 15 is 0 Å². The fraction of sp³-hybridized carbons (Fsp3) is 0.722. The standard InChI is InChI=1S/C36H49NO9/c1-7-37-18-34(19-41-3)25(39)16-26(43-5)36-23-15-22-24(42-4)17-35(28(23)30(22)45-20(2)38,29(33(36)37)31(44-6)32(34)36)46-27(40)14-13-21-11-9-8-10-12-21/h8-14,22-26,28-33,39H,7,15-19H2,1-6H3/b14-13+/t22-,23?,24+,25-,26+,28?,29+,30+,31+,32-,33-,34+,35-,36+/m1/s1. The Morgan fingerprint density at radius 1 is 1.02 bits per heavy atom. The number of esters is 2. The molecule has 5 aliphatic carbocycles. The molecule has 10 heteroatoms. The van der Waals surface area contributed by atoms with Crippen molar-refractivity contribution in [1.82, 2.24) is 4.90 Å². The second kappa shape index (κ2) is 11.7. The number of piperidine rings is 1. The summed E-state index contributed by atoms with van der Waals surface area (Å²) < 4.78 is 38.4. The Bertz CT molecular complexity index is 1360. The fourth-order valence-corrected chi connectivity index (χ4v) is 12.3. The van der Waals surface area contributed by atoms with Crippen LogP contribution in [0, 0.1) is 40.4 Å². The van der Waals surface area contributed by atoms with E-state index in [1.807, 2.05) is 30.3 Å². The Morgan fingerprint density at radius 3 is 2.41 bits per heavy atom. The van der Waals surface area contributed by atoms with Gasteiger partial charge in [-0.3, -0.25) is 9.69 Å². The summed E-state index contributed by atoms with van der Waals surface area (Å²) in [5.74, 6) is -1.66. The van der Waals surface area contributed by atoms with Crippen LogP contribution >= 0.6 is 0 Å². The van der Waals surface area contributed by atoms with E-state index in [0.717, 1.165) is 18.5 Å². The van der Waals surface area contributed by atoms with Gasteiger partial charge in [-0.25, -0.2) is 4.79 Å². The van der Waals surface area contributed by atoms with Crippen LogP contribution < -0.4 is 0 Å². The molecule has 1 aromatic rings. The minimum absolute atomic E-state index is 0.0534. The number of methoxy groups -OCH3 is 4. The van der Waals surface area contributed by atoms with Crippen LogP contribution in [0.1, 0.15) is 38.7 Å². The molecule has 252 valence electrons. The van der Waals surface area contributed by atoms with Crippen molar-refractivity contribution < 1.29 is 43.1 Å². The Balaban J connectivity index is 1.46.